The molecule has 0 amide bonds. The van der Waals surface area contributed by atoms with E-state index >= 15 is 0 Å². The van der Waals surface area contributed by atoms with Crippen molar-refractivity contribution in [3.05, 3.63) is 41.7 Å². The highest BCUT2D eigenvalue weighted by molar-refractivity contribution is 5.91. The second kappa shape index (κ2) is 2.01. The first kappa shape index (κ1) is 6.06. The molecule has 1 aromatic carbocycles. The molecule has 0 atom stereocenters. The van der Waals surface area contributed by atoms with Gasteiger partial charge in [-0.15, -0.1) is 0 Å². The fourth-order valence-electron chi connectivity index (χ4n) is 1.79. The molecule has 2 aromatic rings. The van der Waals surface area contributed by atoms with Crippen molar-refractivity contribution in [2.75, 3.05) is 0 Å². The third-order valence-corrected chi connectivity index (χ3v) is 2.35. The molecular weight excluding hydrogens is 148 g/mol. The standard InChI is InChI=1S/C11H8O/c1-3-8-4-2-6-10-11(8)9(5-1)7-12-10/h1-2,4-7H,3H2. The molecule has 0 bridgehead atoms. The van der Waals surface area contributed by atoms with E-state index in [0.29, 0.717) is 0 Å². The number of rotatable bonds is 0. The topological polar surface area (TPSA) is 13.1 Å². The molecule has 0 saturated heterocycles. The Morgan fingerprint density at radius 3 is 3.25 bits per heavy atom. The Bertz CT molecular complexity index is 463. The van der Waals surface area contributed by atoms with Crippen molar-refractivity contribution >= 4 is 17.0 Å². The van der Waals surface area contributed by atoms with E-state index in [0.717, 1.165) is 12.0 Å². The number of furan rings is 1. The minimum atomic E-state index is 1.01. The molecular formula is C11H8O. The van der Waals surface area contributed by atoms with Gasteiger partial charge in [-0.3, -0.25) is 0 Å². The van der Waals surface area contributed by atoms with E-state index in [1.54, 1.807) is 0 Å². The third kappa shape index (κ3) is 0.632. The van der Waals surface area contributed by atoms with Crippen molar-refractivity contribution in [1.29, 1.82) is 0 Å². The van der Waals surface area contributed by atoms with Crippen LogP contribution in [0.5, 0.6) is 0 Å². The first-order valence-corrected chi connectivity index (χ1v) is 4.11. The van der Waals surface area contributed by atoms with Gasteiger partial charge in [0, 0.05) is 10.9 Å². The number of allylic oxidation sites excluding steroid dienone is 1. The number of benzene rings is 1. The average molecular weight is 156 g/mol. The fourth-order valence-corrected chi connectivity index (χ4v) is 1.79. The zero-order valence-electron chi connectivity index (χ0n) is 6.58. The lowest BCUT2D eigenvalue weighted by atomic mass is 9.99. The highest BCUT2D eigenvalue weighted by atomic mass is 16.3. The quantitative estimate of drug-likeness (QED) is 0.571. The third-order valence-electron chi connectivity index (χ3n) is 2.35. The van der Waals surface area contributed by atoms with Gasteiger partial charge in [-0.25, -0.2) is 0 Å². The highest BCUT2D eigenvalue weighted by Crippen LogP contribution is 2.29. The summed E-state index contributed by atoms with van der Waals surface area (Å²) < 4.78 is 5.41. The monoisotopic (exact) mass is 156 g/mol. The van der Waals surface area contributed by atoms with E-state index in [2.05, 4.69) is 18.2 Å². The summed E-state index contributed by atoms with van der Waals surface area (Å²) in [5, 5.41) is 1.29. The maximum atomic E-state index is 5.41. The minimum absolute atomic E-state index is 1.01. The van der Waals surface area contributed by atoms with Crippen molar-refractivity contribution < 1.29 is 4.42 Å². The van der Waals surface area contributed by atoms with E-state index in [-0.39, 0.29) is 0 Å². The predicted molar refractivity (Wildman–Crippen MR) is 49.0 cm³/mol. The van der Waals surface area contributed by atoms with Crippen LogP contribution in [0.2, 0.25) is 0 Å². The Labute approximate surface area is 70.3 Å². The maximum Gasteiger partial charge on any atom is 0.134 e. The van der Waals surface area contributed by atoms with Crippen molar-refractivity contribution in [1.82, 2.24) is 0 Å². The molecule has 1 aliphatic carbocycles. The SMILES string of the molecule is C1=Cc2coc3cccc(c23)C1. The second-order valence-corrected chi connectivity index (χ2v) is 3.09. The minimum Gasteiger partial charge on any atom is -0.464 e. The summed E-state index contributed by atoms with van der Waals surface area (Å²) in [6.07, 6.45) is 7.15. The maximum absolute atomic E-state index is 5.41. The van der Waals surface area contributed by atoms with Gasteiger partial charge in [0.1, 0.15) is 5.58 Å². The lowest BCUT2D eigenvalue weighted by Crippen LogP contribution is -1.87. The van der Waals surface area contributed by atoms with Gasteiger partial charge in [-0.05, 0) is 18.1 Å². The van der Waals surface area contributed by atoms with Gasteiger partial charge in [-0.1, -0.05) is 24.3 Å². The van der Waals surface area contributed by atoms with Gasteiger partial charge >= 0.3 is 0 Å². The van der Waals surface area contributed by atoms with E-state index < -0.39 is 0 Å². The molecule has 1 nitrogen and oxygen atoms in total. The molecule has 0 N–H and O–H groups in total. The normalized spacial score (nSPS) is 14.0. The zero-order valence-corrected chi connectivity index (χ0v) is 6.58. The van der Waals surface area contributed by atoms with E-state index in [4.69, 9.17) is 4.42 Å². The lowest BCUT2D eigenvalue weighted by molar-refractivity contribution is 0.615. The van der Waals surface area contributed by atoms with E-state index in [1.807, 2.05) is 18.4 Å². The van der Waals surface area contributed by atoms with Crippen molar-refractivity contribution in [3.8, 4) is 0 Å². The molecule has 0 aliphatic heterocycles. The van der Waals surface area contributed by atoms with Crippen LogP contribution in [-0.2, 0) is 6.42 Å². The van der Waals surface area contributed by atoms with Crippen molar-refractivity contribution in [3.63, 3.8) is 0 Å². The fraction of sp³-hybridized carbons (Fsp3) is 0.0909. The van der Waals surface area contributed by atoms with Crippen LogP contribution in [0, 0.1) is 0 Å². The average Bonchev–Trinajstić information content (AvgIpc) is 2.52. The van der Waals surface area contributed by atoms with E-state index in [1.165, 1.54) is 16.5 Å². The molecule has 0 unspecified atom stereocenters. The van der Waals surface area contributed by atoms with Crippen LogP contribution in [-0.4, -0.2) is 0 Å². The highest BCUT2D eigenvalue weighted by Gasteiger charge is 2.10. The lowest BCUT2D eigenvalue weighted by Gasteiger charge is -2.03. The van der Waals surface area contributed by atoms with Crippen molar-refractivity contribution in [2.45, 2.75) is 6.42 Å². The van der Waals surface area contributed by atoms with Crippen LogP contribution in [0.15, 0.2) is 35.0 Å². The predicted octanol–water partition coefficient (Wildman–Crippen LogP) is 3.00. The second-order valence-electron chi connectivity index (χ2n) is 3.09. The largest absolute Gasteiger partial charge is 0.464 e. The molecule has 1 heteroatoms. The van der Waals surface area contributed by atoms with Crippen molar-refractivity contribution in [2.24, 2.45) is 0 Å². The van der Waals surface area contributed by atoms with Gasteiger partial charge in [0.05, 0.1) is 6.26 Å². The molecule has 58 valence electrons. The summed E-state index contributed by atoms with van der Waals surface area (Å²) in [6.45, 7) is 0. The Morgan fingerprint density at radius 1 is 1.25 bits per heavy atom. The van der Waals surface area contributed by atoms with Gasteiger partial charge in [0.15, 0.2) is 0 Å². The molecule has 3 rings (SSSR count). The summed E-state index contributed by atoms with van der Waals surface area (Å²) in [5.74, 6) is 0. The van der Waals surface area contributed by atoms with Gasteiger partial charge in [0.2, 0.25) is 0 Å². The molecule has 1 aliphatic rings. The van der Waals surface area contributed by atoms with Gasteiger partial charge in [0.25, 0.3) is 0 Å². The Balaban J connectivity index is 2.57. The van der Waals surface area contributed by atoms with Crippen LogP contribution in [0.1, 0.15) is 11.1 Å². The molecule has 0 spiro atoms. The first-order chi connectivity index (χ1) is 5.95. The smallest absolute Gasteiger partial charge is 0.134 e. The summed E-state index contributed by atoms with van der Waals surface area (Å²) in [5.41, 5.74) is 3.59. The number of hydrogen-bond donors (Lipinski definition) is 0. The summed E-state index contributed by atoms with van der Waals surface area (Å²) in [6, 6.07) is 6.22. The summed E-state index contributed by atoms with van der Waals surface area (Å²) in [7, 11) is 0. The van der Waals surface area contributed by atoms with Gasteiger partial charge in [-0.2, -0.15) is 0 Å². The number of hydrogen-bond acceptors (Lipinski definition) is 1. The summed E-state index contributed by atoms with van der Waals surface area (Å²) >= 11 is 0. The van der Waals surface area contributed by atoms with Crippen LogP contribution >= 0.6 is 0 Å². The van der Waals surface area contributed by atoms with Crippen LogP contribution in [0.4, 0.5) is 0 Å². The molecule has 0 fully saturated rings. The Morgan fingerprint density at radius 2 is 2.25 bits per heavy atom. The first-order valence-electron chi connectivity index (χ1n) is 4.11. The zero-order chi connectivity index (χ0) is 7.97. The van der Waals surface area contributed by atoms with Crippen LogP contribution in [0.3, 0.4) is 0 Å². The Kier molecular flexibility index (Phi) is 1.01. The summed E-state index contributed by atoms with van der Waals surface area (Å²) in [4.78, 5) is 0. The van der Waals surface area contributed by atoms with E-state index in [9.17, 15) is 0 Å². The molecule has 1 aromatic heterocycles. The Hall–Kier alpha value is -1.50. The molecule has 1 heterocycles. The molecule has 0 saturated carbocycles. The van der Waals surface area contributed by atoms with Gasteiger partial charge < -0.3 is 4.42 Å². The molecule has 0 radical (unpaired) electrons. The van der Waals surface area contributed by atoms with Crippen LogP contribution in [0.25, 0.3) is 17.0 Å². The van der Waals surface area contributed by atoms with Crippen LogP contribution < -0.4 is 0 Å². The molecule has 12 heavy (non-hydrogen) atoms.